The van der Waals surface area contributed by atoms with Crippen LogP contribution in [0.5, 0.6) is 0 Å². The molecule has 1 aliphatic rings. The van der Waals surface area contributed by atoms with Gasteiger partial charge in [0.15, 0.2) is 0 Å². The highest BCUT2D eigenvalue weighted by Crippen LogP contribution is 2.32. The normalized spacial score (nSPS) is 14.8. The standard InChI is InChI=1S/C25H25N5O5/c1-18-11-12-20(23(17-18)30(34)35)26-25(31)24(19-7-3-2-4-8-19)28-15-13-27(14-16-28)21-9-5-6-10-22(21)29(32)33/h2-12,17,24H,13-16H2,1H3,(H,26,31). The number of hydrogen-bond acceptors (Lipinski definition) is 7. The summed E-state index contributed by atoms with van der Waals surface area (Å²) in [4.78, 5) is 39.5. The lowest BCUT2D eigenvalue weighted by Crippen LogP contribution is -2.50. The Morgan fingerprint density at radius 1 is 0.857 bits per heavy atom. The minimum absolute atomic E-state index is 0.0463. The fourth-order valence-electron chi connectivity index (χ4n) is 4.37. The summed E-state index contributed by atoms with van der Waals surface area (Å²) in [5.74, 6) is -0.373. The van der Waals surface area contributed by atoms with Crippen LogP contribution in [0.2, 0.25) is 0 Å². The third kappa shape index (κ3) is 5.28. The summed E-state index contributed by atoms with van der Waals surface area (Å²) < 4.78 is 0. The van der Waals surface area contributed by atoms with E-state index in [1.165, 1.54) is 12.1 Å². The molecule has 10 nitrogen and oxygen atoms in total. The number of nitrogens with one attached hydrogen (secondary N) is 1. The Hall–Kier alpha value is -4.31. The van der Waals surface area contributed by atoms with Crippen LogP contribution in [0.15, 0.2) is 72.8 Å². The van der Waals surface area contributed by atoms with E-state index in [-0.39, 0.29) is 23.0 Å². The SMILES string of the molecule is Cc1ccc(NC(=O)C(c2ccccc2)N2CCN(c3ccccc3[N+](=O)[O-])CC2)c([N+](=O)[O-])c1. The Morgan fingerprint density at radius 2 is 1.49 bits per heavy atom. The molecule has 1 N–H and O–H groups in total. The number of carbonyl (C=O) groups is 1. The zero-order chi connectivity index (χ0) is 24.9. The number of nitro benzene ring substituents is 2. The van der Waals surface area contributed by atoms with E-state index in [0.29, 0.717) is 31.9 Å². The average Bonchev–Trinajstić information content (AvgIpc) is 2.86. The molecule has 1 saturated heterocycles. The molecule has 180 valence electrons. The highest BCUT2D eigenvalue weighted by atomic mass is 16.6. The Morgan fingerprint density at radius 3 is 2.14 bits per heavy atom. The fourth-order valence-corrected chi connectivity index (χ4v) is 4.37. The molecule has 1 heterocycles. The van der Waals surface area contributed by atoms with Gasteiger partial charge in [0.2, 0.25) is 5.91 Å². The predicted octanol–water partition coefficient (Wildman–Crippen LogP) is 4.31. The number of rotatable bonds is 7. The molecule has 0 bridgehead atoms. The van der Waals surface area contributed by atoms with E-state index in [4.69, 9.17) is 0 Å². The quantitative estimate of drug-likeness (QED) is 0.399. The number of benzene rings is 3. The van der Waals surface area contributed by atoms with Gasteiger partial charge in [-0.25, -0.2) is 0 Å². The number of hydrogen-bond donors (Lipinski definition) is 1. The molecule has 0 saturated carbocycles. The highest BCUT2D eigenvalue weighted by molar-refractivity contribution is 5.97. The molecule has 35 heavy (non-hydrogen) atoms. The molecule has 10 heteroatoms. The second-order valence-corrected chi connectivity index (χ2v) is 8.35. The van der Waals surface area contributed by atoms with Crippen molar-refractivity contribution in [3.8, 4) is 0 Å². The summed E-state index contributed by atoms with van der Waals surface area (Å²) in [7, 11) is 0. The monoisotopic (exact) mass is 475 g/mol. The van der Waals surface area contributed by atoms with Crippen molar-refractivity contribution in [3.05, 3.63) is 104 Å². The van der Waals surface area contributed by atoms with Gasteiger partial charge in [0, 0.05) is 38.3 Å². The van der Waals surface area contributed by atoms with Gasteiger partial charge in [0.1, 0.15) is 17.4 Å². The summed E-state index contributed by atoms with van der Waals surface area (Å²) >= 11 is 0. The van der Waals surface area contributed by atoms with Crippen molar-refractivity contribution in [2.24, 2.45) is 0 Å². The number of amides is 1. The van der Waals surface area contributed by atoms with E-state index in [9.17, 15) is 25.0 Å². The van der Waals surface area contributed by atoms with Gasteiger partial charge in [0.25, 0.3) is 11.4 Å². The topological polar surface area (TPSA) is 122 Å². The molecule has 1 fully saturated rings. The van der Waals surface area contributed by atoms with Gasteiger partial charge in [-0.05, 0) is 30.2 Å². The first-order valence-corrected chi connectivity index (χ1v) is 11.2. The zero-order valence-electron chi connectivity index (χ0n) is 19.2. The Kier molecular flexibility index (Phi) is 7.02. The van der Waals surface area contributed by atoms with Crippen molar-refractivity contribution in [2.75, 3.05) is 36.4 Å². The number of aryl methyl sites for hydroxylation is 1. The first-order chi connectivity index (χ1) is 16.8. The third-order valence-electron chi connectivity index (χ3n) is 6.07. The van der Waals surface area contributed by atoms with Crippen LogP contribution in [0.25, 0.3) is 0 Å². The van der Waals surface area contributed by atoms with E-state index >= 15 is 0 Å². The molecule has 1 aliphatic heterocycles. The molecule has 4 rings (SSSR count). The lowest BCUT2D eigenvalue weighted by Gasteiger charge is -2.39. The molecular formula is C25H25N5O5. The van der Waals surface area contributed by atoms with E-state index in [1.807, 2.05) is 40.1 Å². The van der Waals surface area contributed by atoms with Crippen molar-refractivity contribution in [1.29, 1.82) is 0 Å². The zero-order valence-corrected chi connectivity index (χ0v) is 19.2. The second kappa shape index (κ2) is 10.3. The van der Waals surface area contributed by atoms with E-state index in [1.54, 1.807) is 37.3 Å². The second-order valence-electron chi connectivity index (χ2n) is 8.35. The van der Waals surface area contributed by atoms with Crippen LogP contribution in [-0.2, 0) is 4.79 Å². The van der Waals surface area contributed by atoms with Crippen LogP contribution in [-0.4, -0.2) is 46.8 Å². The van der Waals surface area contributed by atoms with Gasteiger partial charge in [-0.2, -0.15) is 0 Å². The molecule has 1 amide bonds. The number of para-hydroxylation sites is 2. The highest BCUT2D eigenvalue weighted by Gasteiger charge is 2.33. The lowest BCUT2D eigenvalue weighted by atomic mass is 10.0. The molecule has 1 atom stereocenters. The number of nitrogens with zero attached hydrogens (tertiary/aromatic N) is 4. The van der Waals surface area contributed by atoms with E-state index in [0.717, 1.165) is 11.1 Å². The first-order valence-electron chi connectivity index (χ1n) is 11.2. The largest absolute Gasteiger partial charge is 0.363 e. The molecule has 0 spiro atoms. The maximum atomic E-state index is 13.5. The maximum absolute atomic E-state index is 13.5. The maximum Gasteiger partial charge on any atom is 0.293 e. The number of anilines is 2. The molecule has 0 aromatic heterocycles. The Labute approximate surface area is 202 Å². The Bertz CT molecular complexity index is 1240. The lowest BCUT2D eigenvalue weighted by molar-refractivity contribution is -0.384. The van der Waals surface area contributed by atoms with Gasteiger partial charge in [-0.3, -0.25) is 29.9 Å². The minimum atomic E-state index is -0.676. The van der Waals surface area contributed by atoms with Gasteiger partial charge in [-0.15, -0.1) is 0 Å². The molecule has 0 radical (unpaired) electrons. The molecule has 0 aliphatic carbocycles. The van der Waals surface area contributed by atoms with Gasteiger partial charge in [-0.1, -0.05) is 48.5 Å². The van der Waals surface area contributed by atoms with E-state index < -0.39 is 15.9 Å². The van der Waals surface area contributed by atoms with Crippen LogP contribution in [0.1, 0.15) is 17.2 Å². The van der Waals surface area contributed by atoms with Crippen molar-refractivity contribution >= 4 is 28.7 Å². The van der Waals surface area contributed by atoms with Crippen LogP contribution in [0, 0.1) is 27.2 Å². The van der Waals surface area contributed by atoms with Gasteiger partial charge >= 0.3 is 0 Å². The average molecular weight is 476 g/mol. The summed E-state index contributed by atoms with van der Waals surface area (Å²) in [6.45, 7) is 3.70. The van der Waals surface area contributed by atoms with Gasteiger partial charge in [0.05, 0.1) is 9.85 Å². The fraction of sp³-hybridized carbons (Fsp3) is 0.240. The summed E-state index contributed by atoms with van der Waals surface area (Å²) in [5.41, 5.74) is 2.06. The van der Waals surface area contributed by atoms with Crippen LogP contribution < -0.4 is 10.2 Å². The molecule has 3 aromatic rings. The van der Waals surface area contributed by atoms with Crippen LogP contribution in [0.4, 0.5) is 22.7 Å². The van der Waals surface area contributed by atoms with Gasteiger partial charge < -0.3 is 10.2 Å². The van der Waals surface area contributed by atoms with Crippen molar-refractivity contribution < 1.29 is 14.6 Å². The van der Waals surface area contributed by atoms with Crippen molar-refractivity contribution in [2.45, 2.75) is 13.0 Å². The van der Waals surface area contributed by atoms with Crippen molar-refractivity contribution in [1.82, 2.24) is 4.90 Å². The minimum Gasteiger partial charge on any atom is -0.363 e. The van der Waals surface area contributed by atoms with E-state index in [2.05, 4.69) is 5.32 Å². The van der Waals surface area contributed by atoms with Crippen molar-refractivity contribution in [3.63, 3.8) is 0 Å². The molecule has 3 aromatic carbocycles. The van der Waals surface area contributed by atoms with Crippen LogP contribution in [0.3, 0.4) is 0 Å². The predicted molar refractivity (Wildman–Crippen MR) is 133 cm³/mol. The smallest absolute Gasteiger partial charge is 0.293 e. The molecule has 1 unspecified atom stereocenters. The summed E-state index contributed by atoms with van der Waals surface area (Å²) in [5, 5.41) is 25.7. The third-order valence-corrected chi connectivity index (χ3v) is 6.07. The van der Waals surface area contributed by atoms with Crippen LogP contribution >= 0.6 is 0 Å². The number of piperazine rings is 1. The number of nitro groups is 2. The summed E-state index contributed by atoms with van der Waals surface area (Å²) in [6.07, 6.45) is 0. The Balaban J connectivity index is 1.57. The number of carbonyl (C=O) groups excluding carboxylic acids is 1. The molecular weight excluding hydrogens is 450 g/mol. The summed E-state index contributed by atoms with van der Waals surface area (Å²) in [6, 6.07) is 19.9. The first kappa shape index (κ1) is 23.8.